The van der Waals surface area contributed by atoms with Crippen molar-refractivity contribution in [1.82, 2.24) is 10.3 Å². The molecule has 1 unspecified atom stereocenters. The molecule has 2 N–H and O–H groups in total. The third kappa shape index (κ3) is 5.65. The Balaban J connectivity index is 2.62. The van der Waals surface area contributed by atoms with Gasteiger partial charge in [0, 0.05) is 13.2 Å². The standard InChI is InChI=1S/C14H20Cl2N2O2/c1-9(2)7-10(5-6-19)8-17-14(20)13-11(15)3-4-12(16)18-13/h3-4,9-10,19H,5-8H2,1-2H3,(H,17,20). The Kier molecular flexibility index (Phi) is 7.27. The molecular weight excluding hydrogens is 299 g/mol. The first-order valence-electron chi connectivity index (χ1n) is 6.65. The Morgan fingerprint density at radius 1 is 1.40 bits per heavy atom. The molecule has 0 saturated heterocycles. The van der Waals surface area contributed by atoms with Crippen LogP contribution in [0.3, 0.4) is 0 Å². The van der Waals surface area contributed by atoms with Gasteiger partial charge in [0.2, 0.25) is 0 Å². The van der Waals surface area contributed by atoms with Crippen LogP contribution in [-0.2, 0) is 0 Å². The minimum atomic E-state index is -0.343. The largest absolute Gasteiger partial charge is 0.396 e. The van der Waals surface area contributed by atoms with E-state index in [9.17, 15) is 4.79 Å². The molecule has 0 aliphatic rings. The van der Waals surface area contributed by atoms with Crippen LogP contribution in [0, 0.1) is 11.8 Å². The number of aliphatic hydroxyl groups excluding tert-OH is 1. The fourth-order valence-electron chi connectivity index (χ4n) is 2.05. The Morgan fingerprint density at radius 3 is 2.70 bits per heavy atom. The number of hydrogen-bond acceptors (Lipinski definition) is 3. The van der Waals surface area contributed by atoms with Crippen LogP contribution in [-0.4, -0.2) is 29.1 Å². The Bertz CT molecular complexity index is 453. The van der Waals surface area contributed by atoms with Crippen molar-refractivity contribution >= 4 is 29.1 Å². The van der Waals surface area contributed by atoms with Gasteiger partial charge in [0.05, 0.1) is 5.02 Å². The van der Waals surface area contributed by atoms with Crippen molar-refractivity contribution in [3.8, 4) is 0 Å². The number of pyridine rings is 1. The molecule has 20 heavy (non-hydrogen) atoms. The number of halogens is 2. The molecule has 0 aliphatic carbocycles. The molecule has 1 aromatic rings. The lowest BCUT2D eigenvalue weighted by Gasteiger charge is -2.18. The van der Waals surface area contributed by atoms with Crippen LogP contribution in [0.2, 0.25) is 10.2 Å². The van der Waals surface area contributed by atoms with E-state index in [-0.39, 0.29) is 34.3 Å². The van der Waals surface area contributed by atoms with Crippen molar-refractivity contribution in [3.05, 3.63) is 28.0 Å². The van der Waals surface area contributed by atoms with Crippen molar-refractivity contribution in [2.75, 3.05) is 13.2 Å². The molecule has 0 radical (unpaired) electrons. The topological polar surface area (TPSA) is 62.2 Å². The zero-order valence-corrected chi connectivity index (χ0v) is 13.2. The molecule has 1 atom stereocenters. The van der Waals surface area contributed by atoms with Gasteiger partial charge in [0.25, 0.3) is 5.91 Å². The fourth-order valence-corrected chi connectivity index (χ4v) is 2.39. The monoisotopic (exact) mass is 318 g/mol. The number of amides is 1. The second kappa shape index (κ2) is 8.45. The van der Waals surface area contributed by atoms with Crippen LogP contribution in [0.15, 0.2) is 12.1 Å². The van der Waals surface area contributed by atoms with Gasteiger partial charge in [-0.3, -0.25) is 4.79 Å². The number of nitrogens with one attached hydrogen (secondary N) is 1. The number of hydrogen-bond donors (Lipinski definition) is 2. The number of nitrogens with zero attached hydrogens (tertiary/aromatic N) is 1. The third-order valence-corrected chi connectivity index (χ3v) is 3.44. The molecule has 1 aromatic heterocycles. The summed E-state index contributed by atoms with van der Waals surface area (Å²) in [4.78, 5) is 16.0. The summed E-state index contributed by atoms with van der Waals surface area (Å²) in [7, 11) is 0. The van der Waals surface area contributed by atoms with E-state index in [2.05, 4.69) is 24.1 Å². The highest BCUT2D eigenvalue weighted by atomic mass is 35.5. The maximum absolute atomic E-state index is 12.0. The van der Waals surface area contributed by atoms with Crippen molar-refractivity contribution in [2.45, 2.75) is 26.7 Å². The summed E-state index contributed by atoms with van der Waals surface area (Å²) in [6, 6.07) is 3.08. The number of carbonyl (C=O) groups is 1. The van der Waals surface area contributed by atoms with Crippen LogP contribution in [0.25, 0.3) is 0 Å². The third-order valence-electron chi connectivity index (χ3n) is 2.92. The Morgan fingerprint density at radius 2 is 2.10 bits per heavy atom. The van der Waals surface area contributed by atoms with Gasteiger partial charge < -0.3 is 10.4 Å². The number of rotatable bonds is 7. The van der Waals surface area contributed by atoms with E-state index >= 15 is 0 Å². The molecule has 1 rings (SSSR count). The molecular formula is C14H20Cl2N2O2. The predicted molar refractivity (Wildman–Crippen MR) is 81.2 cm³/mol. The maximum atomic E-state index is 12.0. The number of aromatic nitrogens is 1. The van der Waals surface area contributed by atoms with Gasteiger partial charge in [-0.1, -0.05) is 37.0 Å². The number of carbonyl (C=O) groups excluding carboxylic acids is 1. The summed E-state index contributed by atoms with van der Waals surface area (Å²) < 4.78 is 0. The summed E-state index contributed by atoms with van der Waals surface area (Å²) in [6.07, 6.45) is 1.60. The lowest BCUT2D eigenvalue weighted by Crippen LogP contribution is -2.31. The van der Waals surface area contributed by atoms with Crippen LogP contribution in [0.1, 0.15) is 37.2 Å². The molecule has 4 nitrogen and oxygen atoms in total. The molecule has 1 heterocycles. The number of aliphatic hydroxyl groups is 1. The quantitative estimate of drug-likeness (QED) is 0.759. The Labute approximate surface area is 129 Å². The van der Waals surface area contributed by atoms with Crippen LogP contribution >= 0.6 is 23.2 Å². The Hall–Kier alpha value is -0.840. The molecule has 112 valence electrons. The highest BCUT2D eigenvalue weighted by molar-refractivity contribution is 6.34. The van der Waals surface area contributed by atoms with E-state index in [0.717, 1.165) is 6.42 Å². The summed E-state index contributed by atoms with van der Waals surface area (Å²) in [5.74, 6) is 0.405. The molecule has 0 bridgehead atoms. The first-order valence-corrected chi connectivity index (χ1v) is 7.40. The van der Waals surface area contributed by atoms with Crippen molar-refractivity contribution < 1.29 is 9.90 Å². The molecule has 6 heteroatoms. The normalized spacial score (nSPS) is 12.5. The first-order chi connectivity index (χ1) is 9.43. The molecule has 0 saturated carbocycles. The van der Waals surface area contributed by atoms with E-state index in [0.29, 0.717) is 18.9 Å². The second-order valence-electron chi connectivity index (χ2n) is 5.18. The molecule has 1 amide bonds. The minimum absolute atomic E-state index is 0.115. The molecule has 0 aromatic carbocycles. The van der Waals surface area contributed by atoms with Crippen molar-refractivity contribution in [3.63, 3.8) is 0 Å². The van der Waals surface area contributed by atoms with Gasteiger partial charge >= 0.3 is 0 Å². The van der Waals surface area contributed by atoms with Gasteiger partial charge in [-0.15, -0.1) is 0 Å². The summed E-state index contributed by atoms with van der Waals surface area (Å²) in [5.41, 5.74) is 0.131. The van der Waals surface area contributed by atoms with Crippen LogP contribution in [0.5, 0.6) is 0 Å². The van der Waals surface area contributed by atoms with E-state index in [1.54, 1.807) is 6.07 Å². The minimum Gasteiger partial charge on any atom is -0.396 e. The van der Waals surface area contributed by atoms with E-state index in [1.165, 1.54) is 6.07 Å². The van der Waals surface area contributed by atoms with Gasteiger partial charge in [-0.2, -0.15) is 0 Å². The average molecular weight is 319 g/mol. The SMILES string of the molecule is CC(C)CC(CCO)CNC(=O)c1nc(Cl)ccc1Cl. The zero-order chi connectivity index (χ0) is 15.1. The van der Waals surface area contributed by atoms with Gasteiger partial charge in [-0.05, 0) is 36.8 Å². The smallest absolute Gasteiger partial charge is 0.271 e. The van der Waals surface area contributed by atoms with E-state index < -0.39 is 0 Å². The summed E-state index contributed by atoms with van der Waals surface area (Å²) in [6.45, 7) is 4.83. The zero-order valence-electron chi connectivity index (χ0n) is 11.7. The van der Waals surface area contributed by atoms with Gasteiger partial charge in [0.1, 0.15) is 10.8 Å². The van der Waals surface area contributed by atoms with Crippen molar-refractivity contribution in [1.29, 1.82) is 0 Å². The highest BCUT2D eigenvalue weighted by Crippen LogP contribution is 2.18. The second-order valence-corrected chi connectivity index (χ2v) is 5.98. The highest BCUT2D eigenvalue weighted by Gasteiger charge is 2.16. The van der Waals surface area contributed by atoms with Crippen LogP contribution in [0.4, 0.5) is 0 Å². The molecule has 0 fully saturated rings. The van der Waals surface area contributed by atoms with Gasteiger partial charge in [-0.25, -0.2) is 4.98 Å². The van der Waals surface area contributed by atoms with Crippen molar-refractivity contribution in [2.24, 2.45) is 11.8 Å². The fraction of sp³-hybridized carbons (Fsp3) is 0.571. The summed E-state index contributed by atoms with van der Waals surface area (Å²) >= 11 is 11.7. The van der Waals surface area contributed by atoms with E-state index in [4.69, 9.17) is 28.3 Å². The average Bonchev–Trinajstić information content (AvgIpc) is 2.38. The summed E-state index contributed by atoms with van der Waals surface area (Å²) in [5, 5.41) is 12.4. The lowest BCUT2D eigenvalue weighted by atomic mass is 9.94. The predicted octanol–water partition coefficient (Wildman–Crippen LogP) is 3.16. The first kappa shape index (κ1) is 17.2. The molecule has 0 aliphatic heterocycles. The lowest BCUT2D eigenvalue weighted by molar-refractivity contribution is 0.0936. The van der Waals surface area contributed by atoms with Gasteiger partial charge in [0.15, 0.2) is 0 Å². The maximum Gasteiger partial charge on any atom is 0.271 e. The van der Waals surface area contributed by atoms with E-state index in [1.807, 2.05) is 0 Å². The van der Waals surface area contributed by atoms with Crippen LogP contribution < -0.4 is 5.32 Å². The molecule has 0 spiro atoms.